The van der Waals surface area contributed by atoms with E-state index >= 15 is 0 Å². The van der Waals surface area contributed by atoms with Gasteiger partial charge in [-0.2, -0.15) is 5.26 Å². The zero-order chi connectivity index (χ0) is 11.6. The van der Waals surface area contributed by atoms with Crippen LogP contribution in [0.1, 0.15) is 25.1 Å². The van der Waals surface area contributed by atoms with E-state index in [9.17, 15) is 9.59 Å². The summed E-state index contributed by atoms with van der Waals surface area (Å²) in [5.74, 6) is 0.277. The van der Waals surface area contributed by atoms with Crippen LogP contribution in [-0.4, -0.2) is 9.55 Å². The lowest BCUT2D eigenvalue weighted by Gasteiger charge is -2.11. The third-order valence-corrected chi connectivity index (χ3v) is 2.12. The molecule has 0 spiro atoms. The maximum atomic E-state index is 11.5. The molecular weight excluding hydrogens is 194 g/mol. The van der Waals surface area contributed by atoms with Gasteiger partial charge in [0.1, 0.15) is 11.6 Å². The van der Waals surface area contributed by atoms with Gasteiger partial charge in [-0.3, -0.25) is 14.3 Å². The van der Waals surface area contributed by atoms with E-state index in [1.54, 1.807) is 13.0 Å². The molecule has 0 amide bonds. The van der Waals surface area contributed by atoms with Crippen LogP contribution in [0.25, 0.3) is 0 Å². The van der Waals surface area contributed by atoms with Gasteiger partial charge in [0, 0.05) is 12.2 Å². The van der Waals surface area contributed by atoms with Crippen molar-refractivity contribution in [1.82, 2.24) is 9.55 Å². The average molecular weight is 207 g/mol. The van der Waals surface area contributed by atoms with E-state index in [1.807, 2.05) is 13.8 Å². The van der Waals surface area contributed by atoms with Crippen LogP contribution in [0.5, 0.6) is 0 Å². The minimum Gasteiger partial charge on any atom is -0.296 e. The smallest absolute Gasteiger partial charge is 0.296 e. The molecule has 5 heteroatoms. The molecule has 15 heavy (non-hydrogen) atoms. The second-order valence-corrected chi connectivity index (χ2v) is 3.84. The molecule has 0 aliphatic heterocycles. The van der Waals surface area contributed by atoms with E-state index in [0.717, 1.165) is 0 Å². The van der Waals surface area contributed by atoms with Gasteiger partial charge in [0.05, 0.1) is 0 Å². The first-order valence-corrected chi connectivity index (χ1v) is 4.71. The van der Waals surface area contributed by atoms with Crippen LogP contribution in [0.15, 0.2) is 9.59 Å². The first-order valence-electron chi connectivity index (χ1n) is 4.71. The van der Waals surface area contributed by atoms with E-state index in [1.165, 1.54) is 4.57 Å². The second-order valence-electron chi connectivity index (χ2n) is 3.84. The van der Waals surface area contributed by atoms with Gasteiger partial charge in [-0.1, -0.05) is 13.8 Å². The zero-order valence-corrected chi connectivity index (χ0v) is 9.00. The first-order chi connectivity index (χ1) is 6.97. The molecular formula is C10H13N3O2. The molecule has 0 fully saturated rings. The molecule has 1 aromatic rings. The van der Waals surface area contributed by atoms with Gasteiger partial charge in [0.2, 0.25) is 0 Å². The topological polar surface area (TPSA) is 78.7 Å². The average Bonchev–Trinajstić information content (AvgIpc) is 2.12. The van der Waals surface area contributed by atoms with Crippen molar-refractivity contribution in [3.63, 3.8) is 0 Å². The summed E-state index contributed by atoms with van der Waals surface area (Å²) in [5.41, 5.74) is -0.625. The fourth-order valence-corrected chi connectivity index (χ4v) is 1.40. The number of nitriles is 1. The summed E-state index contributed by atoms with van der Waals surface area (Å²) in [6.45, 7) is 6.03. The number of nitrogens with one attached hydrogen (secondary N) is 1. The van der Waals surface area contributed by atoms with Crippen molar-refractivity contribution in [2.24, 2.45) is 5.92 Å². The van der Waals surface area contributed by atoms with Crippen molar-refractivity contribution in [2.75, 3.05) is 0 Å². The number of H-pyrrole nitrogens is 1. The van der Waals surface area contributed by atoms with Gasteiger partial charge < -0.3 is 0 Å². The van der Waals surface area contributed by atoms with Crippen LogP contribution in [0.4, 0.5) is 0 Å². The number of aromatic amines is 1. The normalized spacial score (nSPS) is 10.3. The third-order valence-electron chi connectivity index (χ3n) is 2.12. The minimum atomic E-state index is -0.611. The van der Waals surface area contributed by atoms with Crippen molar-refractivity contribution >= 4 is 0 Å². The lowest BCUT2D eigenvalue weighted by molar-refractivity contribution is 0.492. The number of hydrogen-bond acceptors (Lipinski definition) is 3. The largest absolute Gasteiger partial charge is 0.328 e. The lowest BCUT2D eigenvalue weighted by atomic mass is 10.2. The number of hydrogen-bond donors (Lipinski definition) is 1. The summed E-state index contributed by atoms with van der Waals surface area (Å²) in [6.07, 6.45) is 0. The van der Waals surface area contributed by atoms with Crippen molar-refractivity contribution in [2.45, 2.75) is 27.3 Å². The Hall–Kier alpha value is -1.83. The fraction of sp³-hybridized carbons (Fsp3) is 0.500. The summed E-state index contributed by atoms with van der Waals surface area (Å²) in [4.78, 5) is 24.8. The molecule has 0 aliphatic carbocycles. The zero-order valence-electron chi connectivity index (χ0n) is 9.00. The van der Waals surface area contributed by atoms with Gasteiger partial charge in [0.15, 0.2) is 0 Å². The fourth-order valence-electron chi connectivity index (χ4n) is 1.40. The Morgan fingerprint density at radius 2 is 2.07 bits per heavy atom. The Balaban J connectivity index is 3.48. The molecule has 0 atom stereocenters. The molecule has 0 unspecified atom stereocenters. The van der Waals surface area contributed by atoms with Gasteiger partial charge >= 0.3 is 5.69 Å². The molecule has 0 aromatic carbocycles. The van der Waals surface area contributed by atoms with Gasteiger partial charge in [-0.25, -0.2) is 4.79 Å². The highest BCUT2D eigenvalue weighted by Gasteiger charge is 2.11. The summed E-state index contributed by atoms with van der Waals surface area (Å²) in [6, 6.07) is 1.80. The Bertz CT molecular complexity index is 517. The molecule has 0 radical (unpaired) electrons. The van der Waals surface area contributed by atoms with Crippen LogP contribution < -0.4 is 11.2 Å². The van der Waals surface area contributed by atoms with Crippen molar-refractivity contribution in [3.05, 3.63) is 32.1 Å². The van der Waals surface area contributed by atoms with Crippen molar-refractivity contribution in [1.29, 1.82) is 5.26 Å². The third kappa shape index (κ3) is 2.15. The predicted molar refractivity (Wildman–Crippen MR) is 55.6 cm³/mol. The highest BCUT2D eigenvalue weighted by atomic mass is 16.2. The quantitative estimate of drug-likeness (QED) is 0.761. The van der Waals surface area contributed by atoms with Crippen LogP contribution in [0.3, 0.4) is 0 Å². The highest BCUT2D eigenvalue weighted by molar-refractivity contribution is 5.29. The highest BCUT2D eigenvalue weighted by Crippen LogP contribution is 2.02. The van der Waals surface area contributed by atoms with E-state index < -0.39 is 11.2 Å². The summed E-state index contributed by atoms with van der Waals surface area (Å²) in [5, 5.41) is 8.76. The molecule has 0 aliphatic rings. The standard InChI is InChI=1S/C10H13N3O2/c1-6(2)5-13-7(3)8(4-11)9(14)12-10(13)15/h6H,5H2,1-3H3,(H,12,14,15). The van der Waals surface area contributed by atoms with Crippen LogP contribution in [0, 0.1) is 24.2 Å². The van der Waals surface area contributed by atoms with Crippen molar-refractivity contribution in [3.8, 4) is 6.07 Å². The monoisotopic (exact) mass is 207 g/mol. The van der Waals surface area contributed by atoms with E-state index in [2.05, 4.69) is 4.98 Å². The van der Waals surface area contributed by atoms with E-state index in [0.29, 0.717) is 12.2 Å². The number of rotatable bonds is 2. The SMILES string of the molecule is Cc1c(C#N)c(=O)[nH]c(=O)n1CC(C)C. The number of aromatic nitrogens is 2. The van der Waals surface area contributed by atoms with Crippen LogP contribution in [0.2, 0.25) is 0 Å². The lowest BCUT2D eigenvalue weighted by Crippen LogP contribution is -2.34. The molecule has 1 heterocycles. The van der Waals surface area contributed by atoms with Gasteiger partial charge in [-0.15, -0.1) is 0 Å². The second kappa shape index (κ2) is 4.13. The molecule has 1 N–H and O–H groups in total. The Labute approximate surface area is 87.0 Å². The van der Waals surface area contributed by atoms with Crippen LogP contribution >= 0.6 is 0 Å². The molecule has 0 bridgehead atoms. The van der Waals surface area contributed by atoms with E-state index in [4.69, 9.17) is 5.26 Å². The molecule has 80 valence electrons. The molecule has 1 rings (SSSR count). The van der Waals surface area contributed by atoms with Crippen LogP contribution in [-0.2, 0) is 6.54 Å². The molecule has 1 aromatic heterocycles. The van der Waals surface area contributed by atoms with Gasteiger partial charge in [0.25, 0.3) is 5.56 Å². The summed E-state index contributed by atoms with van der Waals surface area (Å²) < 4.78 is 1.42. The maximum absolute atomic E-state index is 11.5. The molecule has 0 saturated carbocycles. The van der Waals surface area contributed by atoms with E-state index in [-0.39, 0.29) is 11.5 Å². The van der Waals surface area contributed by atoms with Crippen molar-refractivity contribution < 1.29 is 0 Å². The van der Waals surface area contributed by atoms with Gasteiger partial charge in [-0.05, 0) is 12.8 Å². The first kappa shape index (κ1) is 11.2. The Morgan fingerprint density at radius 3 is 2.53 bits per heavy atom. The minimum absolute atomic E-state index is 0.00949. The molecule has 0 saturated heterocycles. The predicted octanol–water partition coefficient (Wildman–Crippen LogP) is 0.373. The number of nitrogens with zero attached hydrogens (tertiary/aromatic N) is 2. The molecule has 5 nitrogen and oxygen atoms in total. The Kier molecular flexibility index (Phi) is 3.10. The maximum Gasteiger partial charge on any atom is 0.328 e. The summed E-state index contributed by atoms with van der Waals surface area (Å²) in [7, 11) is 0. The summed E-state index contributed by atoms with van der Waals surface area (Å²) >= 11 is 0. The Morgan fingerprint density at radius 1 is 1.47 bits per heavy atom.